The van der Waals surface area contributed by atoms with Gasteiger partial charge in [-0.3, -0.25) is 0 Å². The lowest BCUT2D eigenvalue weighted by molar-refractivity contribution is -0.0719. The van der Waals surface area contributed by atoms with Crippen molar-refractivity contribution in [3.8, 4) is 0 Å². The van der Waals surface area contributed by atoms with E-state index in [0.29, 0.717) is 5.41 Å². The third-order valence-corrected chi connectivity index (χ3v) is 9.09. The van der Waals surface area contributed by atoms with Gasteiger partial charge in [-0.15, -0.1) is 0 Å². The Bertz CT molecular complexity index is 416. The van der Waals surface area contributed by atoms with Crippen molar-refractivity contribution in [1.29, 1.82) is 0 Å². The Morgan fingerprint density at radius 1 is 0.864 bits per heavy atom. The van der Waals surface area contributed by atoms with Crippen LogP contribution in [0.15, 0.2) is 0 Å². The Labute approximate surface area is 140 Å². The average molecular weight is 305 g/mol. The molecule has 0 N–H and O–H groups in total. The van der Waals surface area contributed by atoms with Crippen LogP contribution < -0.4 is 0 Å². The highest BCUT2D eigenvalue weighted by Crippen LogP contribution is 2.65. The van der Waals surface area contributed by atoms with Gasteiger partial charge in [0.1, 0.15) is 0 Å². The maximum Gasteiger partial charge on any atom is 0 e. The van der Waals surface area contributed by atoms with Crippen molar-refractivity contribution >= 4 is 0 Å². The first-order valence-corrected chi connectivity index (χ1v) is 10.5. The summed E-state index contributed by atoms with van der Waals surface area (Å²) in [6.45, 7) is 10.2. The highest BCUT2D eigenvalue weighted by atomic mass is 14.6. The molecule has 0 radical (unpaired) electrons. The predicted octanol–water partition coefficient (Wildman–Crippen LogP) is 6.79. The average Bonchev–Trinajstić information content (AvgIpc) is 2.84. The Morgan fingerprint density at radius 2 is 1.64 bits per heavy atom. The summed E-state index contributed by atoms with van der Waals surface area (Å²) in [7, 11) is 0. The summed E-state index contributed by atoms with van der Waals surface area (Å²) in [5.41, 5.74) is 0.699. The van der Waals surface area contributed by atoms with Crippen molar-refractivity contribution in [3.63, 3.8) is 0 Å². The number of fused-ring (bicyclic) bond motifs is 5. The van der Waals surface area contributed by atoms with E-state index in [1.807, 2.05) is 0 Å². The van der Waals surface area contributed by atoms with Crippen LogP contribution in [0.5, 0.6) is 0 Å². The van der Waals surface area contributed by atoms with Gasteiger partial charge in [0, 0.05) is 1.43 Å². The van der Waals surface area contributed by atoms with Crippen LogP contribution in [0.2, 0.25) is 0 Å². The van der Waals surface area contributed by atoms with E-state index in [-0.39, 0.29) is 1.43 Å². The molecule has 0 aromatic heterocycles. The molecule has 0 bridgehead atoms. The summed E-state index contributed by atoms with van der Waals surface area (Å²) in [5.74, 6) is 8.48. The highest BCUT2D eigenvalue weighted by molar-refractivity contribution is 5.06. The molecule has 4 saturated carbocycles. The fourth-order valence-electron chi connectivity index (χ4n) is 8.22. The van der Waals surface area contributed by atoms with Gasteiger partial charge in [-0.2, -0.15) is 0 Å². The van der Waals surface area contributed by atoms with Crippen molar-refractivity contribution < 1.29 is 1.43 Å². The van der Waals surface area contributed by atoms with Gasteiger partial charge in [-0.05, 0) is 104 Å². The van der Waals surface area contributed by atoms with E-state index in [4.69, 9.17) is 0 Å². The first kappa shape index (κ1) is 15.5. The third kappa shape index (κ3) is 2.22. The van der Waals surface area contributed by atoms with E-state index in [9.17, 15) is 0 Å². The maximum atomic E-state index is 2.70. The van der Waals surface area contributed by atoms with Crippen molar-refractivity contribution in [3.05, 3.63) is 0 Å². The maximum absolute atomic E-state index is 2.70. The zero-order valence-electron chi connectivity index (χ0n) is 15.5. The van der Waals surface area contributed by atoms with Crippen molar-refractivity contribution in [2.45, 2.75) is 85.5 Å². The molecule has 0 heterocycles. The molecule has 0 spiro atoms. The van der Waals surface area contributed by atoms with Crippen LogP contribution in [0.25, 0.3) is 0 Å². The normalized spacial score (nSPS) is 54.7. The van der Waals surface area contributed by atoms with E-state index < -0.39 is 0 Å². The lowest BCUT2D eigenvalue weighted by Gasteiger charge is -2.56. The second kappa shape index (κ2) is 5.52. The summed E-state index contributed by atoms with van der Waals surface area (Å²) in [6, 6.07) is 0. The van der Waals surface area contributed by atoms with E-state index in [2.05, 4.69) is 27.7 Å². The fraction of sp³-hybridized carbons (Fsp3) is 1.00. The Balaban J connectivity index is 0.00000156. The summed E-state index contributed by atoms with van der Waals surface area (Å²) in [5, 5.41) is 0. The van der Waals surface area contributed by atoms with Gasteiger partial charge in [0.25, 0.3) is 0 Å². The summed E-state index contributed by atoms with van der Waals surface area (Å²) in [4.78, 5) is 0. The molecule has 8 atom stereocenters. The van der Waals surface area contributed by atoms with Crippen LogP contribution in [0.3, 0.4) is 0 Å². The molecule has 0 saturated heterocycles. The summed E-state index contributed by atoms with van der Waals surface area (Å²) in [6.07, 6.45) is 14.1. The molecule has 4 rings (SSSR count). The minimum atomic E-state index is 0. The van der Waals surface area contributed by atoms with Crippen LogP contribution in [0.1, 0.15) is 86.9 Å². The largest absolute Gasteiger partial charge is 0.0625 e. The van der Waals surface area contributed by atoms with Gasteiger partial charge in [0.05, 0.1) is 0 Å². The smallest absolute Gasteiger partial charge is 0 e. The molecule has 0 amide bonds. The molecule has 0 heteroatoms. The number of hydrogen-bond donors (Lipinski definition) is 0. The van der Waals surface area contributed by atoms with Gasteiger partial charge in [-0.25, -0.2) is 0 Å². The van der Waals surface area contributed by atoms with Gasteiger partial charge in [0.15, 0.2) is 0 Å². The molecule has 0 aliphatic heterocycles. The molecule has 7 unspecified atom stereocenters. The number of rotatable bonds is 1. The van der Waals surface area contributed by atoms with Gasteiger partial charge >= 0.3 is 0 Å². The Hall–Kier alpha value is 0. The quantitative estimate of drug-likeness (QED) is 0.500. The molecule has 128 valence electrons. The molecule has 22 heavy (non-hydrogen) atoms. The lowest BCUT2D eigenvalue weighted by Crippen LogP contribution is -2.48. The van der Waals surface area contributed by atoms with Gasteiger partial charge < -0.3 is 0 Å². The predicted molar refractivity (Wildman–Crippen MR) is 96.7 cm³/mol. The number of hydrogen-bond acceptors (Lipinski definition) is 0. The van der Waals surface area contributed by atoms with E-state index in [0.717, 1.165) is 47.3 Å². The Kier molecular flexibility index (Phi) is 3.90. The molecular weight excluding hydrogens is 264 g/mol. The van der Waals surface area contributed by atoms with Crippen LogP contribution >= 0.6 is 0 Å². The van der Waals surface area contributed by atoms with Crippen molar-refractivity contribution in [2.24, 2.45) is 52.8 Å². The van der Waals surface area contributed by atoms with Crippen molar-refractivity contribution in [1.82, 2.24) is 0 Å². The molecule has 0 aromatic carbocycles. The first-order valence-electron chi connectivity index (χ1n) is 10.5. The molecular formula is C22H40. The standard InChI is InChI=1S/C22H38.H2/c1-14(2)20-9-10-21-19-8-6-16-13-15(3)5-7-17(16)18(19)11-12-22(20,21)4;/h14-21H,5-13H2,1-4H3;1H/t15?,16?,17?,18?,19?,20?,21-,22?;/m0./s1. The third-order valence-electron chi connectivity index (χ3n) is 9.09. The zero-order valence-corrected chi connectivity index (χ0v) is 15.5. The molecule has 4 aliphatic carbocycles. The van der Waals surface area contributed by atoms with Crippen molar-refractivity contribution in [2.75, 3.05) is 0 Å². The molecule has 4 aliphatic rings. The van der Waals surface area contributed by atoms with Crippen LogP contribution in [-0.4, -0.2) is 0 Å². The minimum absolute atomic E-state index is 0. The lowest BCUT2D eigenvalue weighted by atomic mass is 9.49. The van der Waals surface area contributed by atoms with E-state index >= 15 is 0 Å². The monoisotopic (exact) mass is 304 g/mol. The van der Waals surface area contributed by atoms with Crippen LogP contribution in [-0.2, 0) is 0 Å². The van der Waals surface area contributed by atoms with Crippen LogP contribution in [0.4, 0.5) is 0 Å². The van der Waals surface area contributed by atoms with E-state index in [1.165, 1.54) is 12.8 Å². The molecule has 4 fully saturated rings. The second-order valence-electron chi connectivity index (χ2n) is 10.3. The Morgan fingerprint density at radius 3 is 2.41 bits per heavy atom. The topological polar surface area (TPSA) is 0 Å². The summed E-state index contributed by atoms with van der Waals surface area (Å²) >= 11 is 0. The van der Waals surface area contributed by atoms with Gasteiger partial charge in [-0.1, -0.05) is 34.1 Å². The first-order chi connectivity index (χ1) is 10.5. The van der Waals surface area contributed by atoms with Crippen LogP contribution in [0, 0.1) is 52.8 Å². The SMILES string of the molecule is CC1CCC2C(CCC3C2CCC2(C)C(C(C)C)CC[C@@H]32)C1.[HH]. The second-order valence-corrected chi connectivity index (χ2v) is 10.3. The summed E-state index contributed by atoms with van der Waals surface area (Å²) < 4.78 is 0. The van der Waals surface area contributed by atoms with Gasteiger partial charge in [0.2, 0.25) is 0 Å². The van der Waals surface area contributed by atoms with E-state index in [1.54, 1.807) is 44.9 Å². The minimum Gasteiger partial charge on any atom is -0.0625 e. The molecule has 0 aromatic rings. The molecule has 0 nitrogen and oxygen atoms in total. The highest BCUT2D eigenvalue weighted by Gasteiger charge is 2.57. The fourth-order valence-corrected chi connectivity index (χ4v) is 8.22. The zero-order chi connectivity index (χ0) is 15.5.